The Morgan fingerprint density at radius 3 is 2.65 bits per heavy atom. The predicted octanol–water partition coefficient (Wildman–Crippen LogP) is 3.15. The van der Waals surface area contributed by atoms with Crippen LogP contribution in [0.1, 0.15) is 34.7 Å². The van der Waals surface area contributed by atoms with Gasteiger partial charge in [0.05, 0.1) is 47.1 Å². The van der Waals surface area contributed by atoms with Crippen molar-refractivity contribution >= 4 is 29.4 Å². The first-order chi connectivity index (χ1) is 17.6. The maximum atomic E-state index is 13.7. The number of amides is 3. The van der Waals surface area contributed by atoms with Gasteiger partial charge >= 0.3 is 12.2 Å². The second kappa shape index (κ2) is 9.91. The smallest absolute Gasteiger partial charge is 0.352 e. The third-order valence-electron chi connectivity index (χ3n) is 6.35. The molecule has 4 N–H and O–H groups in total. The number of nitrogens with two attached hydrogens (primary N) is 1. The Hall–Kier alpha value is -4.43. The van der Waals surface area contributed by atoms with Crippen molar-refractivity contribution in [3.8, 4) is 6.07 Å². The molecule has 0 radical (unpaired) electrons. The number of likely N-dealkylation sites (N-methyl/N-ethyl adjacent to an activating group) is 1. The molecule has 37 heavy (non-hydrogen) atoms. The summed E-state index contributed by atoms with van der Waals surface area (Å²) in [4.78, 5) is 29.4. The molecular formula is C26H24F3N6O2+. The van der Waals surface area contributed by atoms with Gasteiger partial charge in [-0.1, -0.05) is 12.1 Å². The van der Waals surface area contributed by atoms with E-state index in [-0.39, 0.29) is 24.2 Å². The van der Waals surface area contributed by atoms with Gasteiger partial charge in [0.15, 0.2) is 0 Å². The van der Waals surface area contributed by atoms with Gasteiger partial charge in [-0.2, -0.15) is 18.4 Å². The van der Waals surface area contributed by atoms with Gasteiger partial charge in [-0.05, 0) is 41.5 Å². The number of benzene rings is 2. The van der Waals surface area contributed by atoms with Crippen molar-refractivity contribution in [3.63, 3.8) is 0 Å². The number of hydrogen-bond acceptors (Lipinski definition) is 4. The molecule has 1 atom stereocenters. The van der Waals surface area contributed by atoms with Gasteiger partial charge < -0.3 is 20.9 Å². The molecule has 2 aliphatic rings. The number of nitrogens with zero attached hydrogens (tertiary/aromatic N) is 3. The van der Waals surface area contributed by atoms with Crippen LogP contribution < -0.4 is 15.5 Å². The fraction of sp³-hybridized carbons (Fsp3) is 0.231. The van der Waals surface area contributed by atoms with Crippen LogP contribution in [0.25, 0.3) is 5.57 Å². The number of urea groups is 1. The summed E-state index contributed by atoms with van der Waals surface area (Å²) in [5.74, 6) is -0.444. The van der Waals surface area contributed by atoms with Gasteiger partial charge in [-0.25, -0.2) is 4.79 Å². The van der Waals surface area contributed by atoms with Crippen LogP contribution >= 0.6 is 0 Å². The summed E-state index contributed by atoms with van der Waals surface area (Å²) in [6.45, 7) is 0.216. The van der Waals surface area contributed by atoms with E-state index in [2.05, 4.69) is 11.4 Å². The first-order valence-corrected chi connectivity index (χ1v) is 11.4. The number of alkyl halides is 3. The molecule has 4 rings (SSSR count). The quantitative estimate of drug-likeness (QED) is 0.538. The number of carbonyl (C=O) groups excluding carboxylic acids is 2. The topological polar surface area (TPSA) is 117 Å². The molecule has 1 unspecified atom stereocenters. The van der Waals surface area contributed by atoms with Gasteiger partial charge in [-0.15, -0.1) is 0 Å². The standard InChI is InChI=1S/C26H23F3N6O2/c1-32-14-16(13-31)20-10-15(12-30)6-7-19(20)23-22-21(8-9-33-24(22)36)35(25(37)34(23)2)18-5-3-4-17(11-18)26(27,28)29/h3-7,10-11,13-14,23,31-32H,8-9H2,1-2H3,(H,33,36)/p+1/b16-14+,31-13?. The molecule has 8 nitrogen and oxygen atoms in total. The van der Waals surface area contributed by atoms with Gasteiger partial charge in [0.25, 0.3) is 5.91 Å². The number of nitrogens with one attached hydrogen (secondary N) is 2. The Morgan fingerprint density at radius 1 is 1.24 bits per heavy atom. The Balaban J connectivity index is 1.97. The van der Waals surface area contributed by atoms with Crippen molar-refractivity contribution in [2.75, 3.05) is 25.5 Å². The highest BCUT2D eigenvalue weighted by Crippen LogP contribution is 2.43. The average molecular weight is 510 g/mol. The summed E-state index contributed by atoms with van der Waals surface area (Å²) in [6.07, 6.45) is -1.57. The summed E-state index contributed by atoms with van der Waals surface area (Å²) in [5.41, 5.74) is 1.45. The van der Waals surface area contributed by atoms with Crippen LogP contribution in [0.15, 0.2) is 59.9 Å². The Morgan fingerprint density at radius 2 is 2.00 bits per heavy atom. The van der Waals surface area contributed by atoms with E-state index in [9.17, 15) is 28.0 Å². The summed E-state index contributed by atoms with van der Waals surface area (Å²) in [7, 11) is 3.25. The zero-order chi connectivity index (χ0) is 26.9. The largest absolute Gasteiger partial charge is 0.416 e. The monoisotopic (exact) mass is 509 g/mol. The van der Waals surface area contributed by atoms with Gasteiger partial charge in [0.2, 0.25) is 0 Å². The Labute approximate surface area is 211 Å². The average Bonchev–Trinajstić information content (AvgIpc) is 2.88. The zero-order valence-electron chi connectivity index (χ0n) is 20.1. The molecular weight excluding hydrogens is 485 g/mol. The molecule has 0 spiro atoms. The molecule has 190 valence electrons. The van der Waals surface area contributed by atoms with Gasteiger partial charge in [0.1, 0.15) is 6.20 Å². The molecule has 0 fully saturated rings. The van der Waals surface area contributed by atoms with E-state index in [4.69, 9.17) is 5.41 Å². The zero-order valence-corrected chi connectivity index (χ0v) is 20.1. The van der Waals surface area contributed by atoms with E-state index in [1.165, 1.54) is 24.1 Å². The van der Waals surface area contributed by atoms with E-state index in [1.54, 1.807) is 36.8 Å². The minimum atomic E-state index is -4.60. The maximum absolute atomic E-state index is 13.7. The minimum Gasteiger partial charge on any atom is -0.352 e. The van der Waals surface area contributed by atoms with E-state index in [0.29, 0.717) is 28.0 Å². The highest BCUT2D eigenvalue weighted by molar-refractivity contribution is 6.10. The third-order valence-corrected chi connectivity index (χ3v) is 6.35. The summed E-state index contributed by atoms with van der Waals surface area (Å²) in [6, 6.07) is 9.80. The second-order valence-electron chi connectivity index (χ2n) is 8.56. The SMILES string of the molecule is C[NH2+]/C=C(\C=N)c1cc(C#N)ccc1C1C2=C(CCNC2=O)N(c2cccc(C(F)(F)F)c2)C(=O)N1C. The number of nitriles is 1. The number of hydrogen-bond donors (Lipinski definition) is 3. The first-order valence-electron chi connectivity index (χ1n) is 11.4. The molecule has 2 heterocycles. The Kier molecular flexibility index (Phi) is 6.87. The van der Waals surface area contributed by atoms with Crippen molar-refractivity contribution < 1.29 is 28.1 Å². The van der Waals surface area contributed by atoms with Crippen LogP contribution in [0, 0.1) is 16.7 Å². The van der Waals surface area contributed by atoms with Crippen LogP contribution in [-0.4, -0.2) is 43.7 Å². The molecule has 0 aromatic heterocycles. The lowest BCUT2D eigenvalue weighted by Gasteiger charge is -2.44. The highest BCUT2D eigenvalue weighted by Gasteiger charge is 2.44. The fourth-order valence-corrected chi connectivity index (χ4v) is 4.71. The number of halogens is 3. The van der Waals surface area contributed by atoms with E-state index >= 15 is 0 Å². The second-order valence-corrected chi connectivity index (χ2v) is 8.56. The molecule has 2 aromatic carbocycles. The van der Waals surface area contributed by atoms with E-state index < -0.39 is 29.7 Å². The normalized spacial score (nSPS) is 18.4. The lowest BCUT2D eigenvalue weighted by atomic mass is 9.85. The Bertz CT molecular complexity index is 1390. The molecule has 0 saturated heterocycles. The maximum Gasteiger partial charge on any atom is 0.416 e. The van der Waals surface area contributed by atoms with E-state index in [0.717, 1.165) is 23.2 Å². The van der Waals surface area contributed by atoms with Crippen molar-refractivity contribution in [1.82, 2.24) is 10.2 Å². The van der Waals surface area contributed by atoms with Crippen LogP contribution in [-0.2, 0) is 11.0 Å². The predicted molar refractivity (Wildman–Crippen MR) is 130 cm³/mol. The van der Waals surface area contributed by atoms with Crippen molar-refractivity contribution in [2.24, 2.45) is 0 Å². The fourth-order valence-electron chi connectivity index (χ4n) is 4.71. The summed E-state index contributed by atoms with van der Waals surface area (Å²) >= 11 is 0. The van der Waals surface area contributed by atoms with Crippen molar-refractivity contribution in [1.29, 1.82) is 10.7 Å². The van der Waals surface area contributed by atoms with Crippen LogP contribution in [0.4, 0.5) is 23.7 Å². The number of anilines is 1. The van der Waals surface area contributed by atoms with Crippen LogP contribution in [0.3, 0.4) is 0 Å². The first kappa shape index (κ1) is 25.7. The number of quaternary nitrogens is 1. The molecule has 11 heteroatoms. The van der Waals surface area contributed by atoms with Gasteiger partial charge in [0, 0.05) is 31.9 Å². The lowest BCUT2D eigenvalue weighted by molar-refractivity contribution is -0.555. The van der Waals surface area contributed by atoms with Crippen LogP contribution in [0.5, 0.6) is 0 Å². The third kappa shape index (κ3) is 4.59. The number of allylic oxidation sites excluding steroid dienone is 1. The number of rotatable bonds is 5. The molecule has 0 saturated carbocycles. The molecule has 0 bridgehead atoms. The van der Waals surface area contributed by atoms with Crippen molar-refractivity contribution in [2.45, 2.75) is 18.6 Å². The summed E-state index contributed by atoms with van der Waals surface area (Å²) < 4.78 is 40.3. The molecule has 3 amide bonds. The van der Waals surface area contributed by atoms with Crippen LogP contribution in [0.2, 0.25) is 0 Å². The number of carbonyl (C=O) groups is 2. The molecule has 2 aliphatic heterocycles. The minimum absolute atomic E-state index is 0.00744. The highest BCUT2D eigenvalue weighted by atomic mass is 19.4. The van der Waals surface area contributed by atoms with Gasteiger partial charge in [-0.3, -0.25) is 9.69 Å². The molecule has 2 aromatic rings. The summed E-state index contributed by atoms with van der Waals surface area (Å²) in [5, 5.41) is 21.9. The molecule has 0 aliphatic carbocycles. The van der Waals surface area contributed by atoms with E-state index in [1.807, 2.05) is 0 Å². The van der Waals surface area contributed by atoms with Crippen molar-refractivity contribution in [3.05, 3.63) is 82.2 Å². The lowest BCUT2D eigenvalue weighted by Crippen LogP contribution is -2.72.